The zero-order valence-corrected chi connectivity index (χ0v) is 14.9. The summed E-state index contributed by atoms with van der Waals surface area (Å²) in [7, 11) is 0. The fraction of sp³-hybridized carbons (Fsp3) is 0.130. The second-order valence-electron chi connectivity index (χ2n) is 6.65. The van der Waals surface area contributed by atoms with Crippen molar-refractivity contribution >= 4 is 17.5 Å². The van der Waals surface area contributed by atoms with Crippen LogP contribution in [0.2, 0.25) is 0 Å². The lowest BCUT2D eigenvalue weighted by molar-refractivity contribution is 0.0734. The van der Waals surface area contributed by atoms with Crippen LogP contribution in [-0.4, -0.2) is 23.3 Å². The number of nitrogens with zero attached hydrogens (tertiary/aromatic N) is 1. The monoisotopic (exact) mass is 356 g/mol. The van der Waals surface area contributed by atoms with Gasteiger partial charge in [0.05, 0.1) is 0 Å². The lowest BCUT2D eigenvalue weighted by Crippen LogP contribution is -2.35. The van der Waals surface area contributed by atoms with Crippen LogP contribution in [-0.2, 0) is 13.0 Å². The molecule has 2 amide bonds. The highest BCUT2D eigenvalue weighted by atomic mass is 16.2. The predicted octanol–water partition coefficient (Wildman–Crippen LogP) is 4.14. The van der Waals surface area contributed by atoms with Crippen LogP contribution in [0.4, 0.5) is 5.69 Å². The molecule has 27 heavy (non-hydrogen) atoms. The Morgan fingerprint density at radius 1 is 0.778 bits per heavy atom. The molecule has 0 aliphatic carbocycles. The average Bonchev–Trinajstić information content (AvgIpc) is 2.73. The van der Waals surface area contributed by atoms with Crippen molar-refractivity contribution in [2.45, 2.75) is 13.0 Å². The molecular weight excluding hydrogens is 336 g/mol. The van der Waals surface area contributed by atoms with E-state index in [1.165, 1.54) is 11.1 Å². The van der Waals surface area contributed by atoms with Crippen LogP contribution in [0.15, 0.2) is 78.9 Å². The maximum absolute atomic E-state index is 12.9. The van der Waals surface area contributed by atoms with E-state index in [-0.39, 0.29) is 11.8 Å². The number of anilines is 1. The third-order valence-corrected chi connectivity index (χ3v) is 4.82. The van der Waals surface area contributed by atoms with Crippen LogP contribution in [0.1, 0.15) is 31.8 Å². The minimum absolute atomic E-state index is 0.0136. The lowest BCUT2D eigenvalue weighted by atomic mass is 9.99. The highest BCUT2D eigenvalue weighted by molar-refractivity contribution is 6.05. The summed E-state index contributed by atoms with van der Waals surface area (Å²) < 4.78 is 0. The summed E-state index contributed by atoms with van der Waals surface area (Å²) in [6, 6.07) is 24.4. The maximum Gasteiger partial charge on any atom is 0.255 e. The Morgan fingerprint density at radius 3 is 2.30 bits per heavy atom. The number of rotatable bonds is 3. The van der Waals surface area contributed by atoms with Gasteiger partial charge in [0.25, 0.3) is 11.8 Å². The van der Waals surface area contributed by atoms with Gasteiger partial charge in [0.1, 0.15) is 0 Å². The first-order valence-electron chi connectivity index (χ1n) is 9.03. The normalized spacial score (nSPS) is 13.0. The molecule has 4 rings (SSSR count). The molecule has 0 aromatic heterocycles. The Labute approximate surface area is 158 Å². The van der Waals surface area contributed by atoms with Crippen LogP contribution in [0.5, 0.6) is 0 Å². The fourth-order valence-corrected chi connectivity index (χ4v) is 3.37. The number of hydrogen-bond donors (Lipinski definition) is 1. The number of hydrogen-bond acceptors (Lipinski definition) is 2. The Morgan fingerprint density at radius 2 is 1.48 bits per heavy atom. The highest BCUT2D eigenvalue weighted by Crippen LogP contribution is 2.21. The van der Waals surface area contributed by atoms with E-state index in [1.807, 2.05) is 35.2 Å². The Bertz CT molecular complexity index is 982. The van der Waals surface area contributed by atoms with Gasteiger partial charge in [0, 0.05) is 29.9 Å². The van der Waals surface area contributed by atoms with Crippen molar-refractivity contribution in [3.05, 3.63) is 101 Å². The van der Waals surface area contributed by atoms with Gasteiger partial charge in [-0.1, -0.05) is 48.5 Å². The number of amides is 2. The number of carbonyl (C=O) groups is 2. The summed E-state index contributed by atoms with van der Waals surface area (Å²) in [6.07, 6.45) is 0.867. The quantitative estimate of drug-likeness (QED) is 0.767. The van der Waals surface area contributed by atoms with Crippen LogP contribution in [0, 0.1) is 0 Å². The summed E-state index contributed by atoms with van der Waals surface area (Å²) >= 11 is 0. The van der Waals surface area contributed by atoms with Crippen LogP contribution >= 0.6 is 0 Å². The molecule has 3 aromatic rings. The van der Waals surface area contributed by atoms with Gasteiger partial charge in [-0.3, -0.25) is 9.59 Å². The highest BCUT2D eigenvalue weighted by Gasteiger charge is 2.21. The minimum Gasteiger partial charge on any atom is -0.334 e. The maximum atomic E-state index is 12.9. The van der Waals surface area contributed by atoms with E-state index in [4.69, 9.17) is 0 Å². The molecule has 0 fully saturated rings. The number of carbonyl (C=O) groups excluding carboxylic acids is 2. The minimum atomic E-state index is -0.188. The lowest BCUT2D eigenvalue weighted by Gasteiger charge is -2.29. The molecular formula is C23H20N2O2. The molecule has 0 spiro atoms. The van der Waals surface area contributed by atoms with Crippen LogP contribution in [0.25, 0.3) is 0 Å². The van der Waals surface area contributed by atoms with Gasteiger partial charge in [0.2, 0.25) is 0 Å². The molecule has 0 saturated heterocycles. The second kappa shape index (κ2) is 7.46. The van der Waals surface area contributed by atoms with Crippen molar-refractivity contribution in [3.63, 3.8) is 0 Å². The number of benzene rings is 3. The first-order chi connectivity index (χ1) is 13.2. The molecule has 1 aliphatic rings. The molecule has 3 aromatic carbocycles. The van der Waals surface area contributed by atoms with Crippen molar-refractivity contribution in [1.29, 1.82) is 0 Å². The zero-order chi connectivity index (χ0) is 18.6. The van der Waals surface area contributed by atoms with E-state index in [2.05, 4.69) is 17.4 Å². The molecule has 1 N–H and O–H groups in total. The van der Waals surface area contributed by atoms with E-state index in [0.29, 0.717) is 29.9 Å². The van der Waals surface area contributed by atoms with Gasteiger partial charge in [-0.25, -0.2) is 0 Å². The third-order valence-electron chi connectivity index (χ3n) is 4.82. The molecule has 0 atom stereocenters. The van der Waals surface area contributed by atoms with Gasteiger partial charge in [-0.05, 0) is 47.9 Å². The van der Waals surface area contributed by atoms with Gasteiger partial charge in [-0.15, -0.1) is 0 Å². The third kappa shape index (κ3) is 3.75. The van der Waals surface area contributed by atoms with Gasteiger partial charge < -0.3 is 10.2 Å². The fourth-order valence-electron chi connectivity index (χ4n) is 3.37. The Kier molecular flexibility index (Phi) is 4.71. The van der Waals surface area contributed by atoms with Crippen molar-refractivity contribution in [1.82, 2.24) is 4.90 Å². The largest absolute Gasteiger partial charge is 0.334 e. The Hall–Kier alpha value is -3.40. The SMILES string of the molecule is O=C(Nc1cccc(C(=O)N2CCc3ccccc3C2)c1)c1ccccc1. The standard InChI is InChI=1S/C23H20N2O2/c26-22(18-8-2-1-3-9-18)24-21-12-6-11-19(15-21)23(27)25-14-13-17-7-4-5-10-20(17)16-25/h1-12,15H,13-14,16H2,(H,24,26). The van der Waals surface area contributed by atoms with Crippen molar-refractivity contribution in [3.8, 4) is 0 Å². The van der Waals surface area contributed by atoms with Gasteiger partial charge in [0.15, 0.2) is 0 Å². The molecule has 4 nitrogen and oxygen atoms in total. The van der Waals surface area contributed by atoms with E-state index >= 15 is 0 Å². The predicted molar refractivity (Wildman–Crippen MR) is 106 cm³/mol. The van der Waals surface area contributed by atoms with Gasteiger partial charge >= 0.3 is 0 Å². The van der Waals surface area contributed by atoms with E-state index in [1.54, 1.807) is 36.4 Å². The summed E-state index contributed by atoms with van der Waals surface area (Å²) in [5.74, 6) is -0.201. The van der Waals surface area contributed by atoms with E-state index in [9.17, 15) is 9.59 Å². The van der Waals surface area contributed by atoms with Crippen LogP contribution in [0.3, 0.4) is 0 Å². The number of nitrogens with one attached hydrogen (secondary N) is 1. The Balaban J connectivity index is 1.49. The number of fused-ring (bicyclic) bond motifs is 1. The summed E-state index contributed by atoms with van der Waals surface area (Å²) in [6.45, 7) is 1.33. The smallest absolute Gasteiger partial charge is 0.255 e. The molecule has 1 heterocycles. The van der Waals surface area contributed by atoms with Crippen molar-refractivity contribution in [2.24, 2.45) is 0 Å². The van der Waals surface area contributed by atoms with Gasteiger partial charge in [-0.2, -0.15) is 0 Å². The molecule has 0 radical (unpaired) electrons. The first kappa shape index (κ1) is 17.0. The molecule has 4 heteroatoms. The first-order valence-corrected chi connectivity index (χ1v) is 9.03. The average molecular weight is 356 g/mol. The molecule has 1 aliphatic heterocycles. The van der Waals surface area contributed by atoms with Crippen molar-refractivity contribution in [2.75, 3.05) is 11.9 Å². The second-order valence-corrected chi connectivity index (χ2v) is 6.65. The molecule has 134 valence electrons. The zero-order valence-electron chi connectivity index (χ0n) is 14.9. The van der Waals surface area contributed by atoms with E-state index in [0.717, 1.165) is 6.42 Å². The van der Waals surface area contributed by atoms with E-state index < -0.39 is 0 Å². The molecule has 0 unspecified atom stereocenters. The summed E-state index contributed by atoms with van der Waals surface area (Å²) in [5.41, 5.74) is 4.30. The summed E-state index contributed by atoms with van der Waals surface area (Å²) in [5, 5.41) is 2.86. The van der Waals surface area contributed by atoms with Crippen molar-refractivity contribution < 1.29 is 9.59 Å². The summed E-state index contributed by atoms with van der Waals surface area (Å²) in [4.78, 5) is 27.1. The molecule has 0 bridgehead atoms. The van der Waals surface area contributed by atoms with Crippen LogP contribution < -0.4 is 5.32 Å². The topological polar surface area (TPSA) is 49.4 Å². The molecule has 0 saturated carbocycles.